The van der Waals surface area contributed by atoms with Gasteiger partial charge in [0, 0.05) is 6.07 Å². The van der Waals surface area contributed by atoms with E-state index in [2.05, 4.69) is 4.99 Å². The van der Waals surface area contributed by atoms with Crippen LogP contribution in [0, 0.1) is 10.1 Å². The lowest BCUT2D eigenvalue weighted by Crippen LogP contribution is -2.23. The molecule has 0 atom stereocenters. The third kappa shape index (κ3) is 5.03. The first kappa shape index (κ1) is 22.3. The molecule has 0 N–H and O–H groups in total. The van der Waals surface area contributed by atoms with Gasteiger partial charge < -0.3 is 14.0 Å². The van der Waals surface area contributed by atoms with E-state index in [0.717, 1.165) is 11.3 Å². The summed E-state index contributed by atoms with van der Waals surface area (Å²) < 4.78 is 12.1. The van der Waals surface area contributed by atoms with Crippen LogP contribution in [0.15, 0.2) is 35.3 Å². The lowest BCUT2D eigenvalue weighted by molar-refractivity contribution is -0.380. The summed E-state index contributed by atoms with van der Waals surface area (Å²) in [6, 6.07) is 7.35. The van der Waals surface area contributed by atoms with E-state index in [4.69, 9.17) is 9.47 Å². The summed E-state index contributed by atoms with van der Waals surface area (Å²) in [5.41, 5.74) is 0.903. The molecule has 10 nitrogen and oxygen atoms in total. The number of thiophene rings is 1. The van der Waals surface area contributed by atoms with Gasteiger partial charge in [-0.25, -0.2) is 4.79 Å². The molecule has 0 aliphatic heterocycles. The molecule has 0 fully saturated rings. The summed E-state index contributed by atoms with van der Waals surface area (Å²) in [7, 11) is 0. The number of rotatable bonds is 7. The fourth-order valence-electron chi connectivity index (χ4n) is 2.67. The Balaban J connectivity index is 2.09. The number of fused-ring (bicyclic) bond motifs is 1. The number of nitrogens with zero attached hydrogens (tertiary/aromatic N) is 3. The standard InChI is InChI=1S/C19H17N3O7S2/c1-3-28-16(23)10-21-12-6-5-11(18(25)29-4-2)9-14(12)31-19(21)20-17(24)13-7-8-15(30-13)22(26)27/h5-9H,3-4,10H2,1-2H3. The van der Waals surface area contributed by atoms with Crippen LogP contribution in [0.2, 0.25) is 0 Å². The van der Waals surface area contributed by atoms with E-state index in [-0.39, 0.29) is 34.4 Å². The Hall–Kier alpha value is -3.38. The normalized spacial score (nSPS) is 11.5. The number of carbonyl (C=O) groups is 3. The summed E-state index contributed by atoms with van der Waals surface area (Å²) >= 11 is 1.82. The van der Waals surface area contributed by atoms with Crippen LogP contribution < -0.4 is 4.80 Å². The second kappa shape index (κ2) is 9.62. The topological polar surface area (TPSA) is 130 Å². The van der Waals surface area contributed by atoms with Gasteiger partial charge in [0.05, 0.1) is 33.9 Å². The zero-order valence-electron chi connectivity index (χ0n) is 16.5. The van der Waals surface area contributed by atoms with Gasteiger partial charge in [0.15, 0.2) is 4.80 Å². The quantitative estimate of drug-likeness (QED) is 0.299. The van der Waals surface area contributed by atoms with Crippen LogP contribution in [0.3, 0.4) is 0 Å². The van der Waals surface area contributed by atoms with Crippen LogP contribution in [-0.2, 0) is 20.8 Å². The van der Waals surface area contributed by atoms with Crippen LogP contribution in [0.4, 0.5) is 5.00 Å². The maximum absolute atomic E-state index is 12.6. The number of esters is 2. The van der Waals surface area contributed by atoms with Crippen LogP contribution in [0.1, 0.15) is 33.9 Å². The van der Waals surface area contributed by atoms with Crippen molar-refractivity contribution in [1.29, 1.82) is 0 Å². The van der Waals surface area contributed by atoms with Crippen molar-refractivity contribution in [3.8, 4) is 0 Å². The van der Waals surface area contributed by atoms with Gasteiger partial charge in [-0.2, -0.15) is 4.99 Å². The number of nitro groups is 1. The minimum Gasteiger partial charge on any atom is -0.465 e. The Labute approximate surface area is 183 Å². The van der Waals surface area contributed by atoms with Crippen LogP contribution in [0.5, 0.6) is 0 Å². The highest BCUT2D eigenvalue weighted by atomic mass is 32.1. The molecule has 162 valence electrons. The molecule has 2 aromatic heterocycles. The van der Waals surface area contributed by atoms with E-state index in [9.17, 15) is 24.5 Å². The Morgan fingerprint density at radius 3 is 2.48 bits per heavy atom. The van der Waals surface area contributed by atoms with Crippen LogP contribution in [0.25, 0.3) is 10.2 Å². The van der Waals surface area contributed by atoms with E-state index >= 15 is 0 Å². The van der Waals surface area contributed by atoms with Gasteiger partial charge in [-0.1, -0.05) is 22.7 Å². The predicted molar refractivity (Wildman–Crippen MR) is 113 cm³/mol. The molecule has 0 saturated heterocycles. The van der Waals surface area contributed by atoms with Crippen LogP contribution >= 0.6 is 22.7 Å². The first-order chi connectivity index (χ1) is 14.8. The van der Waals surface area contributed by atoms with Crippen molar-refractivity contribution in [2.24, 2.45) is 4.99 Å². The Morgan fingerprint density at radius 1 is 1.10 bits per heavy atom. The van der Waals surface area contributed by atoms with Crippen molar-refractivity contribution in [2.45, 2.75) is 20.4 Å². The summed E-state index contributed by atoms with van der Waals surface area (Å²) in [5, 5.41) is 10.7. The number of hydrogen-bond donors (Lipinski definition) is 0. The van der Waals surface area contributed by atoms with Gasteiger partial charge in [0.25, 0.3) is 5.91 Å². The number of hydrogen-bond acceptors (Lipinski definition) is 9. The fourth-order valence-corrected chi connectivity index (χ4v) is 4.44. The first-order valence-corrected chi connectivity index (χ1v) is 10.8. The molecule has 0 aliphatic carbocycles. The number of carbonyl (C=O) groups excluding carboxylic acids is 3. The van der Waals surface area contributed by atoms with Gasteiger partial charge >= 0.3 is 16.9 Å². The third-order valence-electron chi connectivity index (χ3n) is 3.97. The molecule has 2 heterocycles. The molecule has 12 heteroatoms. The molecular weight excluding hydrogens is 446 g/mol. The monoisotopic (exact) mass is 463 g/mol. The number of benzene rings is 1. The number of aromatic nitrogens is 1. The number of ether oxygens (including phenoxy) is 2. The molecule has 31 heavy (non-hydrogen) atoms. The fraction of sp³-hybridized carbons (Fsp3) is 0.263. The van der Waals surface area contributed by atoms with Crippen molar-refractivity contribution < 1.29 is 28.8 Å². The molecule has 0 radical (unpaired) electrons. The molecule has 1 amide bonds. The largest absolute Gasteiger partial charge is 0.465 e. The summed E-state index contributed by atoms with van der Waals surface area (Å²) in [4.78, 5) is 51.3. The van der Waals surface area contributed by atoms with E-state index in [1.807, 2.05) is 0 Å². The van der Waals surface area contributed by atoms with Gasteiger partial charge in [0.2, 0.25) is 0 Å². The minimum absolute atomic E-state index is 0.0963. The van der Waals surface area contributed by atoms with Gasteiger partial charge in [0.1, 0.15) is 11.4 Å². The van der Waals surface area contributed by atoms with Gasteiger partial charge in [-0.05, 0) is 38.1 Å². The maximum atomic E-state index is 12.6. The molecule has 0 saturated carbocycles. The van der Waals surface area contributed by atoms with E-state index in [1.54, 1.807) is 32.0 Å². The zero-order chi connectivity index (χ0) is 22.5. The summed E-state index contributed by atoms with van der Waals surface area (Å²) in [6.45, 7) is 3.61. The predicted octanol–water partition coefficient (Wildman–Crippen LogP) is 3.15. The minimum atomic E-state index is -0.673. The number of amides is 1. The van der Waals surface area contributed by atoms with Crippen molar-refractivity contribution >= 4 is 55.7 Å². The Kier molecular flexibility index (Phi) is 6.92. The Bertz CT molecular complexity index is 1240. The molecule has 3 rings (SSSR count). The lowest BCUT2D eigenvalue weighted by atomic mass is 10.2. The molecular formula is C19H17N3O7S2. The molecule has 1 aromatic carbocycles. The molecule has 0 unspecified atom stereocenters. The average Bonchev–Trinajstić information content (AvgIpc) is 3.34. The smallest absolute Gasteiger partial charge is 0.338 e. The van der Waals surface area contributed by atoms with Gasteiger partial charge in [-0.15, -0.1) is 0 Å². The lowest BCUT2D eigenvalue weighted by Gasteiger charge is -2.06. The third-order valence-corrected chi connectivity index (χ3v) is 6.03. The van der Waals surface area contributed by atoms with Crippen molar-refractivity contribution in [3.05, 3.63) is 55.7 Å². The van der Waals surface area contributed by atoms with Crippen LogP contribution in [-0.4, -0.2) is 40.5 Å². The highest BCUT2D eigenvalue weighted by molar-refractivity contribution is 7.17. The maximum Gasteiger partial charge on any atom is 0.338 e. The average molecular weight is 463 g/mol. The van der Waals surface area contributed by atoms with E-state index < -0.39 is 22.8 Å². The summed E-state index contributed by atoms with van der Waals surface area (Å²) in [5.74, 6) is -1.68. The second-order valence-corrected chi connectivity index (χ2v) is 8.06. The summed E-state index contributed by atoms with van der Waals surface area (Å²) in [6.07, 6.45) is 0. The SMILES string of the molecule is CCOC(=O)Cn1c(=NC(=O)c2ccc([N+](=O)[O-])s2)sc2cc(C(=O)OCC)ccc21. The first-order valence-electron chi connectivity index (χ1n) is 9.13. The van der Waals surface area contributed by atoms with Crippen molar-refractivity contribution in [2.75, 3.05) is 13.2 Å². The number of thiazole rings is 1. The molecule has 0 aliphatic rings. The Morgan fingerprint density at radius 2 is 1.84 bits per heavy atom. The highest BCUT2D eigenvalue weighted by Gasteiger charge is 2.18. The molecule has 3 aromatic rings. The second-order valence-electron chi connectivity index (χ2n) is 5.99. The van der Waals surface area contributed by atoms with Crippen molar-refractivity contribution in [3.63, 3.8) is 0 Å². The zero-order valence-corrected chi connectivity index (χ0v) is 18.2. The van der Waals surface area contributed by atoms with E-state index in [1.165, 1.54) is 16.7 Å². The molecule has 0 bridgehead atoms. The highest BCUT2D eigenvalue weighted by Crippen LogP contribution is 2.25. The molecule has 0 spiro atoms. The van der Waals surface area contributed by atoms with Gasteiger partial charge in [-0.3, -0.25) is 19.7 Å². The van der Waals surface area contributed by atoms with E-state index in [0.29, 0.717) is 27.1 Å². The van der Waals surface area contributed by atoms with Crippen molar-refractivity contribution in [1.82, 2.24) is 4.57 Å².